The van der Waals surface area contributed by atoms with Gasteiger partial charge in [0.1, 0.15) is 6.29 Å². The number of carbonyl (C=O) groups excluding carboxylic acids is 3. The number of piperazine rings is 1. The van der Waals surface area contributed by atoms with Gasteiger partial charge in [0.15, 0.2) is 17.7 Å². The Morgan fingerprint density at radius 2 is 1.76 bits per heavy atom. The quantitative estimate of drug-likeness (QED) is 0.128. The molecule has 50 heavy (non-hydrogen) atoms. The maximum atomic E-state index is 12.8. The van der Waals surface area contributed by atoms with Gasteiger partial charge < -0.3 is 30.4 Å². The molecule has 2 heterocycles. The van der Waals surface area contributed by atoms with Crippen LogP contribution in [0.1, 0.15) is 59.9 Å². The molecule has 0 atom stereocenters. The lowest BCUT2D eigenvalue weighted by molar-refractivity contribution is -0.137. The molecule has 2 aromatic rings. The van der Waals surface area contributed by atoms with Crippen LogP contribution < -0.4 is 10.7 Å². The van der Waals surface area contributed by atoms with Crippen LogP contribution in [0.5, 0.6) is 5.75 Å². The van der Waals surface area contributed by atoms with Gasteiger partial charge in [-0.15, -0.1) is 0 Å². The second kappa shape index (κ2) is 19.6. The molecule has 1 aromatic carbocycles. The van der Waals surface area contributed by atoms with E-state index in [2.05, 4.69) is 32.7 Å². The summed E-state index contributed by atoms with van der Waals surface area (Å²) >= 11 is 0. The Bertz CT molecular complexity index is 1470. The third kappa shape index (κ3) is 11.8. The summed E-state index contributed by atoms with van der Waals surface area (Å²) in [6.07, 6.45) is 2.02. The number of hydrazine groups is 1. The number of alkyl halides is 3. The summed E-state index contributed by atoms with van der Waals surface area (Å²) < 4.78 is 38.1. The Morgan fingerprint density at radius 3 is 2.16 bits per heavy atom. The van der Waals surface area contributed by atoms with Crippen molar-refractivity contribution in [3.05, 3.63) is 52.1 Å². The lowest BCUT2D eigenvalue weighted by Gasteiger charge is -2.37. The number of nitrogens with one attached hydrogen (secondary N) is 2. The third-order valence-corrected chi connectivity index (χ3v) is 8.67. The van der Waals surface area contributed by atoms with Crippen molar-refractivity contribution in [2.24, 2.45) is 18.1 Å². The number of aldehydes is 2. The van der Waals surface area contributed by atoms with E-state index in [0.29, 0.717) is 55.4 Å². The van der Waals surface area contributed by atoms with Crippen molar-refractivity contribution in [2.45, 2.75) is 52.6 Å². The second-order valence-electron chi connectivity index (χ2n) is 12.2. The number of anilines is 1. The van der Waals surface area contributed by atoms with Crippen LogP contribution in [0.25, 0.3) is 0 Å². The first-order valence-electron chi connectivity index (χ1n) is 16.5. The van der Waals surface area contributed by atoms with E-state index in [0.717, 1.165) is 49.3 Å². The molecule has 0 spiro atoms. The predicted molar refractivity (Wildman–Crippen MR) is 188 cm³/mol. The second-order valence-corrected chi connectivity index (χ2v) is 12.2. The van der Waals surface area contributed by atoms with E-state index in [1.54, 1.807) is 39.9 Å². The average Bonchev–Trinajstić information content (AvgIpc) is 3.33. The molecule has 1 amide bonds. The molecule has 1 saturated heterocycles. The number of allylic oxidation sites excluding steroid dienone is 2. The Morgan fingerprint density at radius 1 is 1.14 bits per heavy atom. The molecule has 2 fully saturated rings. The van der Waals surface area contributed by atoms with Crippen molar-refractivity contribution in [1.29, 1.82) is 0 Å². The van der Waals surface area contributed by atoms with Crippen LogP contribution in [-0.2, 0) is 22.8 Å². The minimum atomic E-state index is -4.25. The molecule has 2 aliphatic rings. The summed E-state index contributed by atoms with van der Waals surface area (Å²) in [6, 6.07) is 3.63. The van der Waals surface area contributed by atoms with Crippen LogP contribution in [0.15, 0.2) is 34.7 Å². The van der Waals surface area contributed by atoms with E-state index in [4.69, 9.17) is 0 Å². The fourth-order valence-electron chi connectivity index (χ4n) is 5.32. The molecule has 0 radical (unpaired) electrons. The van der Waals surface area contributed by atoms with Crippen LogP contribution in [0, 0.1) is 19.8 Å². The highest BCUT2D eigenvalue weighted by Crippen LogP contribution is 2.31. The summed E-state index contributed by atoms with van der Waals surface area (Å²) in [4.78, 5) is 38.0. The molecule has 1 aromatic heterocycles. The van der Waals surface area contributed by atoms with Gasteiger partial charge in [0, 0.05) is 73.3 Å². The van der Waals surface area contributed by atoms with E-state index in [1.165, 1.54) is 35.0 Å². The van der Waals surface area contributed by atoms with Gasteiger partial charge in [0.2, 0.25) is 0 Å². The van der Waals surface area contributed by atoms with Gasteiger partial charge in [-0.3, -0.25) is 19.3 Å². The van der Waals surface area contributed by atoms with Gasteiger partial charge in [-0.2, -0.15) is 23.4 Å². The predicted octanol–water partition coefficient (Wildman–Crippen LogP) is 4.04. The Kier molecular flexibility index (Phi) is 16.3. The van der Waals surface area contributed by atoms with Crippen LogP contribution >= 0.6 is 0 Å². The maximum Gasteiger partial charge on any atom is 0.416 e. The normalized spacial score (nSPS) is 15.0. The number of rotatable bonds is 12. The number of benzene rings is 1. The first-order valence-corrected chi connectivity index (χ1v) is 16.5. The summed E-state index contributed by atoms with van der Waals surface area (Å²) in [7, 11) is 7.08. The zero-order chi connectivity index (χ0) is 37.6. The molecule has 4 rings (SSSR count). The van der Waals surface area contributed by atoms with Gasteiger partial charge in [0.25, 0.3) is 5.91 Å². The van der Waals surface area contributed by atoms with Gasteiger partial charge >= 0.3 is 6.18 Å². The lowest BCUT2D eigenvalue weighted by Crippen LogP contribution is -2.49. The molecule has 3 N–H and O–H groups in total. The van der Waals surface area contributed by atoms with E-state index in [-0.39, 0.29) is 17.4 Å². The number of aromatic nitrogens is 2. The largest absolute Gasteiger partial charge is 0.504 e. The molecule has 1 aliphatic carbocycles. The van der Waals surface area contributed by atoms with Crippen molar-refractivity contribution >= 4 is 30.9 Å². The van der Waals surface area contributed by atoms with Crippen molar-refractivity contribution in [3.8, 4) is 5.75 Å². The van der Waals surface area contributed by atoms with Crippen LogP contribution in [0.2, 0.25) is 0 Å². The Hall–Kier alpha value is -4.60. The third-order valence-electron chi connectivity index (χ3n) is 8.67. The molecular weight excluding hydrogens is 655 g/mol. The van der Waals surface area contributed by atoms with E-state index in [1.807, 2.05) is 18.9 Å². The van der Waals surface area contributed by atoms with E-state index < -0.39 is 11.7 Å². The number of hydrazone groups is 1. The number of aryl methyl sites for hydroxylation is 2. The highest BCUT2D eigenvalue weighted by atomic mass is 19.4. The molecule has 278 valence electrons. The number of hydrogen-bond acceptors (Lipinski definition) is 11. The Labute approximate surface area is 292 Å². The number of halogens is 3. The SMILES string of the molecule is C=NN(C)CC=O.CC/C(NN(C)CC1CCC1)=C(/C=O)N1CCN(C(=O)c2nn(C)c(C)c2O)CC1.CNc1ccc(C(F)(F)F)cc1C. The maximum absolute atomic E-state index is 12.8. The van der Waals surface area contributed by atoms with Crippen molar-refractivity contribution < 1.29 is 32.7 Å². The number of amides is 1. The molecule has 16 heteroatoms. The molecule has 0 bridgehead atoms. The summed E-state index contributed by atoms with van der Waals surface area (Å²) in [5.41, 5.74) is 6.32. The molecular formula is C34H52F3N9O4. The molecule has 1 saturated carbocycles. The van der Waals surface area contributed by atoms with Gasteiger partial charge in [-0.05, 0) is 62.8 Å². The number of likely N-dealkylation sites (N-methyl/N-ethyl adjacent to an activating group) is 1. The van der Waals surface area contributed by atoms with Crippen molar-refractivity contribution in [2.75, 3.05) is 65.7 Å². The zero-order valence-corrected chi connectivity index (χ0v) is 30.2. The molecule has 1 aliphatic heterocycles. The van der Waals surface area contributed by atoms with Crippen molar-refractivity contribution in [3.63, 3.8) is 0 Å². The average molecular weight is 708 g/mol. The standard InChI is InChI=1S/C21H34N6O3.C9H10F3N.C4H8N2O/c1-5-17(22-24(3)13-16-7-6-8-16)18(14-28)26-9-11-27(12-10-26)21(30)19-20(29)15(2)25(4)23-19;1-6-5-7(9(10,11)12)3-4-8(6)13-2;1-5-6(2)3-4-7/h14,16,22,29H,5-13H2,1-4H3;3-5,13H,1-2H3;4H,1,3H2,2H3/b18-17+;;. The number of carbonyl (C=O) groups is 3. The van der Waals surface area contributed by atoms with Crippen LogP contribution in [-0.4, -0.2) is 120 Å². The van der Waals surface area contributed by atoms with Crippen LogP contribution in [0.4, 0.5) is 18.9 Å². The Balaban J connectivity index is 0.000000355. The first-order chi connectivity index (χ1) is 23.6. The highest BCUT2D eigenvalue weighted by molar-refractivity contribution is 5.95. The fourth-order valence-corrected chi connectivity index (χ4v) is 5.32. The van der Waals surface area contributed by atoms with Crippen LogP contribution in [0.3, 0.4) is 0 Å². The van der Waals surface area contributed by atoms with Gasteiger partial charge in [-0.1, -0.05) is 13.3 Å². The zero-order valence-electron chi connectivity index (χ0n) is 30.2. The number of hydrogen-bond donors (Lipinski definition) is 3. The number of nitrogens with zero attached hydrogens (tertiary/aromatic N) is 7. The number of aromatic hydroxyl groups is 1. The van der Waals surface area contributed by atoms with Gasteiger partial charge in [-0.25, -0.2) is 5.01 Å². The monoisotopic (exact) mass is 707 g/mol. The van der Waals surface area contributed by atoms with E-state index in [9.17, 15) is 32.7 Å². The van der Waals surface area contributed by atoms with Gasteiger partial charge in [0.05, 0.1) is 29.2 Å². The summed E-state index contributed by atoms with van der Waals surface area (Å²) in [5.74, 6) is 0.397. The van der Waals surface area contributed by atoms with Crippen molar-refractivity contribution in [1.82, 2.24) is 35.0 Å². The van der Waals surface area contributed by atoms with E-state index >= 15 is 0 Å². The minimum Gasteiger partial charge on any atom is -0.504 e. The highest BCUT2D eigenvalue weighted by Gasteiger charge is 2.31. The molecule has 13 nitrogen and oxygen atoms in total. The summed E-state index contributed by atoms with van der Waals surface area (Å²) in [5, 5.41) is 24.1. The first kappa shape index (κ1) is 41.6. The lowest BCUT2D eigenvalue weighted by atomic mass is 9.85. The smallest absolute Gasteiger partial charge is 0.416 e. The topological polar surface area (TPSA) is 139 Å². The fraction of sp³-hybridized carbons (Fsp3) is 0.559. The summed E-state index contributed by atoms with van der Waals surface area (Å²) in [6.45, 7) is 12.0. The molecule has 0 unspecified atom stereocenters. The minimum absolute atomic E-state index is 0.0645.